The minimum absolute atomic E-state index is 0.000879. The lowest BCUT2D eigenvalue weighted by Crippen LogP contribution is -2.00. The van der Waals surface area contributed by atoms with E-state index in [2.05, 4.69) is 20.9 Å². The fraction of sp³-hybridized carbons (Fsp3) is 0.333. The van der Waals surface area contributed by atoms with Crippen LogP contribution in [0.25, 0.3) is 0 Å². The smallest absolute Gasteiger partial charge is 0.244 e. The molecule has 2 nitrogen and oxygen atoms in total. The van der Waals surface area contributed by atoms with Crippen molar-refractivity contribution in [2.45, 2.75) is 18.7 Å². The number of aromatic nitrogens is 1. The predicted octanol–water partition coefficient (Wildman–Crippen LogP) is 3.59. The van der Waals surface area contributed by atoms with Crippen LogP contribution in [0, 0.1) is 11.3 Å². The number of pyridine rings is 1. The molecule has 0 amide bonds. The van der Waals surface area contributed by atoms with Crippen molar-refractivity contribution in [3.63, 3.8) is 0 Å². The van der Waals surface area contributed by atoms with Crippen LogP contribution in [0.1, 0.15) is 23.2 Å². The Morgan fingerprint density at radius 3 is 2.73 bits per heavy atom. The second kappa shape index (κ2) is 5.38. The van der Waals surface area contributed by atoms with Gasteiger partial charge in [-0.05, 0) is 22.0 Å². The maximum Gasteiger partial charge on any atom is 0.264 e. The van der Waals surface area contributed by atoms with E-state index in [0.29, 0.717) is 5.69 Å². The molecule has 1 aromatic rings. The number of hydrogen-bond donors (Lipinski definition) is 0. The van der Waals surface area contributed by atoms with Gasteiger partial charge in [-0.1, -0.05) is 0 Å². The molecule has 0 aromatic carbocycles. The van der Waals surface area contributed by atoms with E-state index >= 15 is 0 Å². The topological polar surface area (TPSA) is 36.7 Å². The highest BCUT2D eigenvalue weighted by molar-refractivity contribution is 9.10. The first-order valence-corrected chi connectivity index (χ1v) is 5.32. The van der Waals surface area contributed by atoms with Crippen LogP contribution in [-0.4, -0.2) is 4.98 Å². The summed E-state index contributed by atoms with van der Waals surface area (Å²) in [6.07, 6.45) is -2.61. The Kier molecular flexibility index (Phi) is 4.43. The quantitative estimate of drug-likeness (QED) is 0.631. The standard InChI is InChI=1S/C9H6BrClF2N2/c10-8-7(4-11)6(9(12)13)3-5(15-8)1-2-14/h3,9H,1,4H2. The molecule has 1 rings (SSSR count). The zero-order chi connectivity index (χ0) is 11.4. The molecule has 1 heterocycles. The summed E-state index contributed by atoms with van der Waals surface area (Å²) in [6, 6.07) is 3.07. The second-order valence-electron chi connectivity index (χ2n) is 2.74. The van der Waals surface area contributed by atoms with Crippen molar-refractivity contribution in [3.8, 4) is 6.07 Å². The second-order valence-corrected chi connectivity index (χ2v) is 3.76. The summed E-state index contributed by atoms with van der Waals surface area (Å²) in [7, 11) is 0. The molecule has 0 aliphatic rings. The minimum Gasteiger partial charge on any atom is -0.244 e. The average molecular weight is 296 g/mol. The van der Waals surface area contributed by atoms with Crippen molar-refractivity contribution in [2.24, 2.45) is 0 Å². The van der Waals surface area contributed by atoms with E-state index < -0.39 is 6.43 Å². The van der Waals surface area contributed by atoms with Gasteiger partial charge in [0.15, 0.2) is 0 Å². The Morgan fingerprint density at radius 2 is 2.27 bits per heavy atom. The van der Waals surface area contributed by atoms with Crippen molar-refractivity contribution in [1.82, 2.24) is 4.98 Å². The van der Waals surface area contributed by atoms with E-state index in [-0.39, 0.29) is 28.0 Å². The molecule has 0 saturated carbocycles. The zero-order valence-corrected chi connectivity index (χ0v) is 9.82. The third-order valence-electron chi connectivity index (χ3n) is 1.79. The van der Waals surface area contributed by atoms with E-state index in [9.17, 15) is 8.78 Å². The highest BCUT2D eigenvalue weighted by atomic mass is 79.9. The van der Waals surface area contributed by atoms with Gasteiger partial charge in [-0.2, -0.15) is 5.26 Å². The summed E-state index contributed by atoms with van der Waals surface area (Å²) < 4.78 is 25.5. The van der Waals surface area contributed by atoms with E-state index in [0.717, 1.165) is 0 Å². The van der Waals surface area contributed by atoms with E-state index in [1.807, 2.05) is 6.07 Å². The van der Waals surface area contributed by atoms with Gasteiger partial charge in [0.2, 0.25) is 0 Å². The van der Waals surface area contributed by atoms with Gasteiger partial charge < -0.3 is 0 Å². The van der Waals surface area contributed by atoms with E-state index in [1.165, 1.54) is 6.07 Å². The first-order chi connectivity index (χ1) is 7.10. The van der Waals surface area contributed by atoms with Crippen LogP contribution in [0.5, 0.6) is 0 Å². The number of halogens is 4. The summed E-state index contributed by atoms with van der Waals surface area (Å²) in [4.78, 5) is 3.95. The number of rotatable bonds is 3. The molecule has 0 N–H and O–H groups in total. The molecule has 0 spiro atoms. The SMILES string of the molecule is N#CCc1cc(C(F)F)c(CCl)c(Br)n1. The van der Waals surface area contributed by atoms with Gasteiger partial charge in [0, 0.05) is 11.1 Å². The number of alkyl halides is 3. The zero-order valence-electron chi connectivity index (χ0n) is 7.48. The lowest BCUT2D eigenvalue weighted by Gasteiger charge is -2.09. The van der Waals surface area contributed by atoms with Gasteiger partial charge in [0.05, 0.1) is 24.1 Å². The number of hydrogen-bond acceptors (Lipinski definition) is 2. The Labute approximate surface area is 99.0 Å². The largest absolute Gasteiger partial charge is 0.264 e. The third-order valence-corrected chi connectivity index (χ3v) is 2.71. The van der Waals surface area contributed by atoms with Gasteiger partial charge in [-0.15, -0.1) is 11.6 Å². The summed E-state index contributed by atoms with van der Waals surface area (Å²) in [6.45, 7) is 0. The van der Waals surface area contributed by atoms with Crippen LogP contribution in [-0.2, 0) is 12.3 Å². The summed E-state index contributed by atoms with van der Waals surface area (Å²) in [5.74, 6) is -0.0416. The van der Waals surface area contributed by atoms with Crippen molar-refractivity contribution in [3.05, 3.63) is 27.5 Å². The van der Waals surface area contributed by atoms with Gasteiger partial charge in [-0.25, -0.2) is 13.8 Å². The molecule has 0 aliphatic carbocycles. The Hall–Kier alpha value is -0.730. The molecule has 80 valence electrons. The maximum absolute atomic E-state index is 12.6. The highest BCUT2D eigenvalue weighted by Gasteiger charge is 2.17. The molecule has 0 atom stereocenters. The van der Waals surface area contributed by atoms with Gasteiger partial charge in [0.1, 0.15) is 4.60 Å². The van der Waals surface area contributed by atoms with Gasteiger partial charge >= 0.3 is 0 Å². The van der Waals surface area contributed by atoms with Crippen LogP contribution in [0.3, 0.4) is 0 Å². The fourth-order valence-corrected chi connectivity index (χ4v) is 2.15. The third kappa shape index (κ3) is 2.86. The van der Waals surface area contributed by atoms with Crippen LogP contribution < -0.4 is 0 Å². The maximum atomic E-state index is 12.6. The normalized spacial score (nSPS) is 10.4. The molecule has 15 heavy (non-hydrogen) atoms. The fourth-order valence-electron chi connectivity index (χ4n) is 1.11. The summed E-state index contributed by atoms with van der Waals surface area (Å²) >= 11 is 8.60. The first-order valence-electron chi connectivity index (χ1n) is 3.99. The first kappa shape index (κ1) is 12.3. The summed E-state index contributed by atoms with van der Waals surface area (Å²) in [5.41, 5.74) is 0.416. The van der Waals surface area contributed by atoms with Crippen molar-refractivity contribution >= 4 is 27.5 Å². The van der Waals surface area contributed by atoms with Crippen LogP contribution in [0.4, 0.5) is 8.78 Å². The molecular formula is C9H6BrClF2N2. The molecule has 6 heteroatoms. The summed E-state index contributed by atoms with van der Waals surface area (Å²) in [5, 5.41) is 8.45. The minimum atomic E-state index is -2.62. The molecule has 1 aromatic heterocycles. The Bertz CT molecular complexity index is 404. The predicted molar refractivity (Wildman–Crippen MR) is 55.8 cm³/mol. The van der Waals surface area contributed by atoms with Crippen molar-refractivity contribution in [2.75, 3.05) is 0 Å². The lowest BCUT2D eigenvalue weighted by atomic mass is 10.1. The molecule has 0 saturated heterocycles. The van der Waals surface area contributed by atoms with Gasteiger partial charge in [0.25, 0.3) is 6.43 Å². The van der Waals surface area contributed by atoms with Gasteiger partial charge in [-0.3, -0.25) is 0 Å². The molecule has 0 unspecified atom stereocenters. The highest BCUT2D eigenvalue weighted by Crippen LogP contribution is 2.29. The van der Waals surface area contributed by atoms with Crippen LogP contribution in [0.2, 0.25) is 0 Å². The van der Waals surface area contributed by atoms with E-state index in [4.69, 9.17) is 16.9 Å². The molecule has 0 fully saturated rings. The van der Waals surface area contributed by atoms with Crippen LogP contribution >= 0.6 is 27.5 Å². The molecule has 0 bridgehead atoms. The lowest BCUT2D eigenvalue weighted by molar-refractivity contribution is 0.150. The van der Waals surface area contributed by atoms with E-state index in [1.54, 1.807) is 0 Å². The van der Waals surface area contributed by atoms with Crippen molar-refractivity contribution in [1.29, 1.82) is 5.26 Å². The Balaban J connectivity index is 3.27. The number of nitrogens with zero attached hydrogens (tertiary/aromatic N) is 2. The molecule has 0 radical (unpaired) electrons. The van der Waals surface area contributed by atoms with Crippen LogP contribution in [0.15, 0.2) is 10.7 Å². The molecule has 0 aliphatic heterocycles. The average Bonchev–Trinajstić information content (AvgIpc) is 2.17. The monoisotopic (exact) mass is 294 g/mol. The van der Waals surface area contributed by atoms with Crippen molar-refractivity contribution < 1.29 is 8.78 Å². The molecular weight excluding hydrogens is 289 g/mol. The Morgan fingerprint density at radius 1 is 1.60 bits per heavy atom. The number of nitriles is 1.